The van der Waals surface area contributed by atoms with Gasteiger partial charge in [-0.15, -0.1) is 0 Å². The highest BCUT2D eigenvalue weighted by atomic mass is 19.4. The Balaban J connectivity index is 1.49. The molecule has 5 rings (SSSR count). The molecule has 4 aromatic carbocycles. The summed E-state index contributed by atoms with van der Waals surface area (Å²) in [6.07, 6.45) is -4.45. The van der Waals surface area contributed by atoms with Crippen LogP contribution in [0.5, 0.6) is 0 Å². The minimum Gasteiger partial charge on any atom is -0.332 e. The standard InChI is InChI=1S/C30H21F4N3O2/c31-23-12-8-20(9-13-23)28(38)36-25-14-15-26-21(16-25)17-27(29(39)35-24-4-2-1-3-5-24)37(26)18-19-6-10-22(11-7-19)30(32,33)34/h1-17H,18H2,(H,35,39)(H,36,38). The number of hydrogen-bond donors (Lipinski definition) is 2. The van der Waals surface area contributed by atoms with E-state index >= 15 is 0 Å². The maximum absolute atomic E-state index is 13.3. The lowest BCUT2D eigenvalue weighted by Gasteiger charge is -2.13. The second-order valence-electron chi connectivity index (χ2n) is 8.87. The Morgan fingerprint density at radius 3 is 2.05 bits per heavy atom. The van der Waals surface area contributed by atoms with Gasteiger partial charge in [0.15, 0.2) is 0 Å². The van der Waals surface area contributed by atoms with Crippen molar-refractivity contribution in [3.63, 3.8) is 0 Å². The molecule has 9 heteroatoms. The number of nitrogens with zero attached hydrogens (tertiary/aromatic N) is 1. The highest BCUT2D eigenvalue weighted by molar-refractivity contribution is 6.08. The summed E-state index contributed by atoms with van der Waals surface area (Å²) in [6.45, 7) is 0.139. The van der Waals surface area contributed by atoms with E-state index in [2.05, 4.69) is 10.6 Å². The number of alkyl halides is 3. The molecule has 5 aromatic rings. The number of amides is 2. The lowest BCUT2D eigenvalue weighted by molar-refractivity contribution is -0.137. The van der Waals surface area contributed by atoms with E-state index in [1.165, 1.54) is 36.4 Å². The molecule has 39 heavy (non-hydrogen) atoms. The minimum absolute atomic E-state index is 0.139. The third-order valence-corrected chi connectivity index (χ3v) is 6.15. The smallest absolute Gasteiger partial charge is 0.332 e. The molecule has 5 nitrogen and oxygen atoms in total. The van der Waals surface area contributed by atoms with Crippen molar-refractivity contribution < 1.29 is 27.2 Å². The number of nitrogens with one attached hydrogen (secondary N) is 2. The average Bonchev–Trinajstić information content (AvgIpc) is 3.27. The van der Waals surface area contributed by atoms with Crippen LogP contribution in [-0.2, 0) is 12.7 Å². The minimum atomic E-state index is -4.45. The molecule has 196 valence electrons. The summed E-state index contributed by atoms with van der Waals surface area (Å²) >= 11 is 0. The van der Waals surface area contributed by atoms with E-state index in [9.17, 15) is 27.2 Å². The zero-order valence-electron chi connectivity index (χ0n) is 20.3. The number of para-hydroxylation sites is 1. The first-order valence-corrected chi connectivity index (χ1v) is 11.9. The second-order valence-corrected chi connectivity index (χ2v) is 8.87. The number of carbonyl (C=O) groups excluding carboxylic acids is 2. The van der Waals surface area contributed by atoms with Gasteiger partial charge in [0.2, 0.25) is 0 Å². The van der Waals surface area contributed by atoms with Gasteiger partial charge in [-0.2, -0.15) is 13.2 Å². The largest absolute Gasteiger partial charge is 0.416 e. The lowest BCUT2D eigenvalue weighted by Crippen LogP contribution is -2.17. The van der Waals surface area contributed by atoms with Gasteiger partial charge >= 0.3 is 6.18 Å². The molecule has 0 aliphatic rings. The molecule has 0 radical (unpaired) electrons. The van der Waals surface area contributed by atoms with Crippen LogP contribution in [0.3, 0.4) is 0 Å². The van der Waals surface area contributed by atoms with Crippen LogP contribution in [0.25, 0.3) is 10.9 Å². The zero-order chi connectivity index (χ0) is 27.6. The van der Waals surface area contributed by atoms with Crippen LogP contribution in [0, 0.1) is 5.82 Å². The Bertz CT molecular complexity index is 1640. The molecule has 2 amide bonds. The van der Waals surface area contributed by atoms with Crippen LogP contribution in [-0.4, -0.2) is 16.4 Å². The van der Waals surface area contributed by atoms with Crippen LogP contribution < -0.4 is 10.6 Å². The maximum atomic E-state index is 13.3. The molecule has 0 bridgehead atoms. The zero-order valence-corrected chi connectivity index (χ0v) is 20.3. The molecule has 2 N–H and O–H groups in total. The predicted molar refractivity (Wildman–Crippen MR) is 141 cm³/mol. The van der Waals surface area contributed by atoms with Gasteiger partial charge in [-0.25, -0.2) is 4.39 Å². The van der Waals surface area contributed by atoms with Gasteiger partial charge in [-0.05, 0) is 78.4 Å². The molecule has 0 saturated heterocycles. The SMILES string of the molecule is O=C(Nc1ccc2c(c1)cc(C(=O)Nc1ccccc1)n2Cc1ccc(C(F)(F)F)cc1)c1ccc(F)cc1. The molecule has 0 fully saturated rings. The van der Waals surface area contributed by atoms with E-state index in [1.54, 1.807) is 53.1 Å². The number of benzene rings is 4. The van der Waals surface area contributed by atoms with Crippen molar-refractivity contribution in [2.75, 3.05) is 10.6 Å². The topological polar surface area (TPSA) is 63.1 Å². The van der Waals surface area contributed by atoms with Gasteiger partial charge in [-0.3, -0.25) is 9.59 Å². The van der Waals surface area contributed by atoms with Crippen molar-refractivity contribution in [2.24, 2.45) is 0 Å². The number of rotatable bonds is 6. The Hall–Kier alpha value is -4.92. The summed E-state index contributed by atoms with van der Waals surface area (Å²) in [5.74, 6) is -1.29. The predicted octanol–water partition coefficient (Wildman–Crippen LogP) is 7.35. The van der Waals surface area contributed by atoms with Crippen molar-refractivity contribution in [2.45, 2.75) is 12.7 Å². The van der Waals surface area contributed by atoms with Gasteiger partial charge in [0, 0.05) is 34.4 Å². The van der Waals surface area contributed by atoms with Gasteiger partial charge in [0.25, 0.3) is 11.8 Å². The number of carbonyl (C=O) groups is 2. The van der Waals surface area contributed by atoms with E-state index in [0.717, 1.165) is 12.1 Å². The fourth-order valence-corrected chi connectivity index (χ4v) is 4.21. The summed E-state index contributed by atoms with van der Waals surface area (Å²) in [6, 6.07) is 25.5. The normalized spacial score (nSPS) is 11.4. The average molecular weight is 532 g/mol. The molecule has 0 spiro atoms. The summed E-state index contributed by atoms with van der Waals surface area (Å²) in [4.78, 5) is 25.9. The second kappa shape index (κ2) is 10.4. The number of fused-ring (bicyclic) bond motifs is 1. The summed E-state index contributed by atoms with van der Waals surface area (Å²) in [7, 11) is 0. The molecule has 1 heterocycles. The first-order valence-electron chi connectivity index (χ1n) is 11.9. The molecular formula is C30H21F4N3O2. The van der Waals surface area contributed by atoms with Crippen LogP contribution in [0.2, 0.25) is 0 Å². The van der Waals surface area contributed by atoms with Gasteiger partial charge < -0.3 is 15.2 Å². The highest BCUT2D eigenvalue weighted by Gasteiger charge is 2.30. The quantitative estimate of drug-likeness (QED) is 0.225. The number of hydrogen-bond acceptors (Lipinski definition) is 2. The van der Waals surface area contributed by atoms with Gasteiger partial charge in [0.05, 0.1) is 5.56 Å². The van der Waals surface area contributed by atoms with Crippen molar-refractivity contribution in [3.05, 3.63) is 131 Å². The van der Waals surface area contributed by atoms with Crippen LogP contribution >= 0.6 is 0 Å². The summed E-state index contributed by atoms with van der Waals surface area (Å²) in [5, 5.41) is 6.23. The van der Waals surface area contributed by atoms with Crippen molar-refractivity contribution in [1.29, 1.82) is 0 Å². The third kappa shape index (κ3) is 5.82. The van der Waals surface area contributed by atoms with Crippen molar-refractivity contribution in [1.82, 2.24) is 4.57 Å². The maximum Gasteiger partial charge on any atom is 0.416 e. The van der Waals surface area contributed by atoms with Gasteiger partial charge in [0.1, 0.15) is 11.5 Å². The number of aromatic nitrogens is 1. The summed E-state index contributed by atoms with van der Waals surface area (Å²) < 4.78 is 54.0. The van der Waals surface area contributed by atoms with Crippen LogP contribution in [0.4, 0.5) is 28.9 Å². The number of anilines is 2. The Morgan fingerprint density at radius 1 is 0.718 bits per heavy atom. The molecule has 0 aliphatic carbocycles. The highest BCUT2D eigenvalue weighted by Crippen LogP contribution is 2.30. The van der Waals surface area contributed by atoms with E-state index in [4.69, 9.17) is 0 Å². The van der Waals surface area contributed by atoms with Crippen LogP contribution in [0.15, 0.2) is 103 Å². The van der Waals surface area contributed by atoms with E-state index in [0.29, 0.717) is 27.8 Å². The van der Waals surface area contributed by atoms with E-state index < -0.39 is 29.4 Å². The molecule has 0 unspecified atom stereocenters. The lowest BCUT2D eigenvalue weighted by atomic mass is 10.1. The van der Waals surface area contributed by atoms with Crippen molar-refractivity contribution >= 4 is 34.1 Å². The first kappa shape index (κ1) is 25.7. The Morgan fingerprint density at radius 2 is 1.38 bits per heavy atom. The third-order valence-electron chi connectivity index (χ3n) is 6.15. The molecule has 1 aromatic heterocycles. The molecule has 0 aliphatic heterocycles. The Labute approximate surface area is 220 Å². The van der Waals surface area contributed by atoms with Crippen molar-refractivity contribution in [3.8, 4) is 0 Å². The van der Waals surface area contributed by atoms with E-state index in [-0.39, 0.29) is 17.8 Å². The fourth-order valence-electron chi connectivity index (χ4n) is 4.21. The van der Waals surface area contributed by atoms with E-state index in [1.807, 2.05) is 6.07 Å². The molecular weight excluding hydrogens is 510 g/mol. The number of halogens is 4. The van der Waals surface area contributed by atoms with Gasteiger partial charge in [-0.1, -0.05) is 30.3 Å². The molecule has 0 saturated carbocycles. The summed E-state index contributed by atoms with van der Waals surface area (Å²) in [5.41, 5.74) is 2.07. The van der Waals surface area contributed by atoms with Crippen LogP contribution in [0.1, 0.15) is 32.0 Å². The fraction of sp³-hybridized carbons (Fsp3) is 0.0667. The molecule has 0 atom stereocenters. The monoisotopic (exact) mass is 531 g/mol. The first-order chi connectivity index (χ1) is 18.7. The Kier molecular flexibility index (Phi) is 6.89.